The quantitative estimate of drug-likeness (QED) is 0.524. The van der Waals surface area contributed by atoms with Crippen LogP contribution in [0.1, 0.15) is 30.9 Å². The first-order valence-electron chi connectivity index (χ1n) is 10.3. The molecule has 3 aromatic rings. The maximum atomic E-state index is 13.6. The lowest BCUT2D eigenvalue weighted by atomic mass is 10.1. The maximum absolute atomic E-state index is 13.6. The number of rotatable bonds is 5. The number of anilines is 1. The van der Waals surface area contributed by atoms with Gasteiger partial charge < -0.3 is 14.7 Å². The molecule has 33 heavy (non-hydrogen) atoms. The van der Waals surface area contributed by atoms with Crippen molar-refractivity contribution in [3.63, 3.8) is 0 Å². The minimum atomic E-state index is -4.97. The number of hydrogen-bond donors (Lipinski definition) is 1. The van der Waals surface area contributed by atoms with Crippen molar-refractivity contribution in [2.24, 2.45) is 0 Å². The fraction of sp³-hybridized carbons (Fsp3) is 0.364. The van der Waals surface area contributed by atoms with Gasteiger partial charge in [0.2, 0.25) is 0 Å². The molecule has 2 aromatic carbocycles. The van der Waals surface area contributed by atoms with Gasteiger partial charge in [-0.2, -0.15) is 13.2 Å². The van der Waals surface area contributed by atoms with E-state index in [9.17, 15) is 26.7 Å². The van der Waals surface area contributed by atoms with Crippen LogP contribution >= 0.6 is 11.6 Å². The highest BCUT2D eigenvalue weighted by Crippen LogP contribution is 2.40. The van der Waals surface area contributed by atoms with Gasteiger partial charge in [0.1, 0.15) is 5.75 Å². The van der Waals surface area contributed by atoms with Gasteiger partial charge in [-0.15, -0.1) is 0 Å². The molecule has 4 rings (SSSR count). The number of hydrogen-bond acceptors (Lipinski definition) is 5. The molecule has 1 atom stereocenters. The van der Waals surface area contributed by atoms with E-state index in [1.807, 2.05) is 4.90 Å². The number of benzene rings is 2. The van der Waals surface area contributed by atoms with Crippen LogP contribution in [0.25, 0.3) is 10.9 Å². The number of ether oxygens (including phenoxy) is 1. The molecule has 0 radical (unpaired) electrons. The molecule has 1 fully saturated rings. The summed E-state index contributed by atoms with van der Waals surface area (Å²) in [5.74, 6) is 0.504. The molecule has 0 aliphatic carbocycles. The Hall–Kier alpha value is -2.43. The summed E-state index contributed by atoms with van der Waals surface area (Å²) in [6.45, 7) is 1.48. The zero-order valence-electron chi connectivity index (χ0n) is 17.6. The van der Waals surface area contributed by atoms with Crippen molar-refractivity contribution in [1.82, 2.24) is 3.97 Å². The highest BCUT2D eigenvalue weighted by Gasteiger charge is 2.41. The van der Waals surface area contributed by atoms with Crippen LogP contribution in [0.5, 0.6) is 5.75 Å². The SMILES string of the molecule is COc1ccc(S(=O)(=O)n2cc(C(O)C(F)(F)F)c3ccc(Cl)cc32)cc1N1CCCCC1. The number of aliphatic hydroxyl groups is 1. The van der Waals surface area contributed by atoms with Gasteiger partial charge in [-0.05, 0) is 49.6 Å². The number of aliphatic hydroxyl groups excluding tert-OH is 1. The van der Waals surface area contributed by atoms with Gasteiger partial charge in [0.25, 0.3) is 10.0 Å². The van der Waals surface area contributed by atoms with Gasteiger partial charge >= 0.3 is 6.18 Å². The second-order valence-electron chi connectivity index (χ2n) is 7.87. The van der Waals surface area contributed by atoms with Crippen molar-refractivity contribution in [3.8, 4) is 5.75 Å². The molecule has 0 bridgehead atoms. The molecule has 2 heterocycles. The first-order valence-corrected chi connectivity index (χ1v) is 12.1. The third kappa shape index (κ3) is 4.39. The van der Waals surface area contributed by atoms with Gasteiger partial charge in [-0.25, -0.2) is 12.4 Å². The topological polar surface area (TPSA) is 71.8 Å². The molecule has 0 saturated carbocycles. The number of alkyl halides is 3. The van der Waals surface area contributed by atoms with E-state index in [1.54, 1.807) is 0 Å². The molecule has 1 unspecified atom stereocenters. The fourth-order valence-corrected chi connectivity index (χ4v) is 5.67. The minimum Gasteiger partial charge on any atom is -0.495 e. The van der Waals surface area contributed by atoms with Crippen LogP contribution in [0.15, 0.2) is 47.5 Å². The summed E-state index contributed by atoms with van der Waals surface area (Å²) in [6, 6.07) is 8.21. The van der Waals surface area contributed by atoms with Gasteiger partial charge in [-0.3, -0.25) is 0 Å². The van der Waals surface area contributed by atoms with Gasteiger partial charge in [0, 0.05) is 35.3 Å². The van der Waals surface area contributed by atoms with Crippen molar-refractivity contribution in [2.45, 2.75) is 36.4 Å². The number of methoxy groups -OCH3 is 1. The predicted molar refractivity (Wildman–Crippen MR) is 120 cm³/mol. The largest absolute Gasteiger partial charge is 0.495 e. The second-order valence-corrected chi connectivity index (χ2v) is 10.1. The molecule has 1 aliphatic heterocycles. The Balaban J connectivity index is 1.89. The summed E-state index contributed by atoms with van der Waals surface area (Å²) in [7, 11) is -2.84. The maximum Gasteiger partial charge on any atom is 0.418 e. The molecule has 11 heteroatoms. The first kappa shape index (κ1) is 23.7. The van der Waals surface area contributed by atoms with Crippen molar-refractivity contribution in [1.29, 1.82) is 0 Å². The summed E-state index contributed by atoms with van der Waals surface area (Å²) >= 11 is 6.02. The Morgan fingerprint density at radius 3 is 2.42 bits per heavy atom. The van der Waals surface area contributed by atoms with E-state index in [4.69, 9.17) is 16.3 Å². The van der Waals surface area contributed by atoms with Crippen LogP contribution in [-0.4, -0.2) is 43.9 Å². The number of piperidine rings is 1. The Morgan fingerprint density at radius 1 is 1.09 bits per heavy atom. The third-order valence-corrected chi connectivity index (χ3v) is 7.68. The minimum absolute atomic E-state index is 0.0578. The average Bonchev–Trinajstić information content (AvgIpc) is 3.17. The average molecular weight is 503 g/mol. The lowest BCUT2D eigenvalue weighted by Gasteiger charge is -2.30. The van der Waals surface area contributed by atoms with Gasteiger partial charge in [0.05, 0.1) is 23.2 Å². The van der Waals surface area contributed by atoms with E-state index in [0.717, 1.165) is 42.5 Å². The van der Waals surface area contributed by atoms with Crippen molar-refractivity contribution in [2.75, 3.05) is 25.1 Å². The van der Waals surface area contributed by atoms with Crippen LogP contribution < -0.4 is 9.64 Å². The molecule has 1 N–H and O–H groups in total. The Bertz CT molecular complexity index is 1280. The van der Waals surface area contributed by atoms with E-state index < -0.39 is 27.9 Å². The Labute approximate surface area is 194 Å². The Morgan fingerprint density at radius 2 is 1.79 bits per heavy atom. The second kappa shape index (κ2) is 8.73. The smallest absolute Gasteiger partial charge is 0.418 e. The molecule has 178 valence electrons. The molecule has 1 aromatic heterocycles. The van der Waals surface area contributed by atoms with Crippen molar-refractivity contribution >= 4 is 38.2 Å². The molecular formula is C22H22ClF3N2O4S. The third-order valence-electron chi connectivity index (χ3n) is 5.77. The molecule has 0 spiro atoms. The zero-order valence-corrected chi connectivity index (χ0v) is 19.2. The number of halogens is 4. The van der Waals surface area contributed by atoms with E-state index in [1.165, 1.54) is 43.5 Å². The lowest BCUT2D eigenvalue weighted by Crippen LogP contribution is -2.30. The van der Waals surface area contributed by atoms with Crippen LogP contribution in [0.3, 0.4) is 0 Å². The summed E-state index contributed by atoms with van der Waals surface area (Å²) in [5, 5.41) is 9.96. The summed E-state index contributed by atoms with van der Waals surface area (Å²) in [6.07, 6.45) is -4.02. The van der Waals surface area contributed by atoms with Crippen LogP contribution in [0.2, 0.25) is 5.02 Å². The number of nitrogens with zero attached hydrogens (tertiary/aromatic N) is 2. The highest BCUT2D eigenvalue weighted by atomic mass is 35.5. The van der Waals surface area contributed by atoms with Crippen LogP contribution in [0, 0.1) is 0 Å². The standard InChI is InChI=1S/C22H22ClF3N2O4S/c1-32-20-8-6-15(12-19(20)27-9-3-2-4-10-27)33(30,31)28-13-17(21(29)22(24,25)26)16-7-5-14(23)11-18(16)28/h5-8,11-13,21,29H,2-4,9-10H2,1H3. The van der Waals surface area contributed by atoms with Gasteiger partial charge in [-0.1, -0.05) is 17.7 Å². The van der Waals surface area contributed by atoms with E-state index in [0.29, 0.717) is 11.4 Å². The van der Waals surface area contributed by atoms with Crippen molar-refractivity contribution in [3.05, 3.63) is 53.2 Å². The van der Waals surface area contributed by atoms with Crippen LogP contribution in [0.4, 0.5) is 18.9 Å². The molecular weight excluding hydrogens is 481 g/mol. The monoisotopic (exact) mass is 502 g/mol. The summed E-state index contributed by atoms with van der Waals surface area (Å²) < 4.78 is 73.1. The summed E-state index contributed by atoms with van der Waals surface area (Å²) in [4.78, 5) is 1.92. The fourth-order valence-electron chi connectivity index (χ4n) is 4.12. The van der Waals surface area contributed by atoms with Crippen molar-refractivity contribution < 1.29 is 31.4 Å². The normalized spacial score (nSPS) is 16.2. The number of aromatic nitrogens is 1. The molecule has 0 amide bonds. The van der Waals surface area contributed by atoms with E-state index >= 15 is 0 Å². The number of fused-ring (bicyclic) bond motifs is 1. The molecule has 1 aliphatic rings. The molecule has 1 saturated heterocycles. The Kier molecular flexibility index (Phi) is 6.28. The van der Waals surface area contributed by atoms with E-state index in [2.05, 4.69) is 0 Å². The predicted octanol–water partition coefficient (Wildman–Crippen LogP) is 5.13. The summed E-state index contributed by atoms with van der Waals surface area (Å²) in [5.41, 5.74) is -0.0260. The highest BCUT2D eigenvalue weighted by molar-refractivity contribution is 7.90. The molecule has 6 nitrogen and oxygen atoms in total. The van der Waals surface area contributed by atoms with Crippen LogP contribution in [-0.2, 0) is 10.0 Å². The van der Waals surface area contributed by atoms with E-state index in [-0.39, 0.29) is 20.8 Å². The lowest BCUT2D eigenvalue weighted by molar-refractivity contribution is -0.206. The zero-order chi connectivity index (χ0) is 24.0. The van der Waals surface area contributed by atoms with Gasteiger partial charge in [0.15, 0.2) is 6.10 Å². The first-order chi connectivity index (χ1) is 15.5.